The highest BCUT2D eigenvalue weighted by atomic mass is 32.1. The molecular weight excluding hydrogens is 422 g/mol. The van der Waals surface area contributed by atoms with Crippen molar-refractivity contribution in [1.29, 1.82) is 0 Å². The fourth-order valence-electron chi connectivity index (χ4n) is 4.48. The van der Waals surface area contributed by atoms with Crippen molar-refractivity contribution >= 4 is 29.2 Å². The van der Waals surface area contributed by atoms with Crippen LogP contribution in [0.2, 0.25) is 0 Å². The summed E-state index contributed by atoms with van der Waals surface area (Å²) in [6, 6.07) is 1.82. The molecule has 11 heteroatoms. The van der Waals surface area contributed by atoms with Crippen molar-refractivity contribution in [3.8, 4) is 5.19 Å². The number of carbonyl (C=O) groups excluding carboxylic acids is 1. The van der Waals surface area contributed by atoms with E-state index >= 15 is 0 Å². The molecule has 0 spiro atoms. The number of thiazole rings is 1. The number of aromatic nitrogens is 3. The molecular formula is C20H27N5O5S. The number of nitrogens with zero attached hydrogens (tertiary/aromatic N) is 3. The molecule has 3 atom stereocenters. The molecule has 2 fully saturated rings. The standard InChI is InChI=1S/C20H27N5O5S/c1-29-19-21-10-15(31-19)8-18(26)22-17-9-16(23-24-17)13-3-2-12(6-13)7-14-11-30-5-4-25(14)20(27)28/h9-10,12-14H,2-8,11H2,1H3,(H,27,28)(H2,22,23,24,26)/t12?,13?,14-/m1/s1. The summed E-state index contributed by atoms with van der Waals surface area (Å²) in [7, 11) is 1.55. The fraction of sp³-hybridized carbons (Fsp3) is 0.600. The van der Waals surface area contributed by atoms with E-state index in [9.17, 15) is 14.7 Å². The van der Waals surface area contributed by atoms with E-state index in [0.717, 1.165) is 36.3 Å². The number of aromatic amines is 1. The van der Waals surface area contributed by atoms with Crippen molar-refractivity contribution < 1.29 is 24.2 Å². The van der Waals surface area contributed by atoms with E-state index < -0.39 is 6.09 Å². The molecule has 0 radical (unpaired) electrons. The molecule has 10 nitrogen and oxygen atoms in total. The average Bonchev–Trinajstić information content (AvgIpc) is 3.49. The van der Waals surface area contributed by atoms with Gasteiger partial charge in [-0.05, 0) is 31.6 Å². The van der Waals surface area contributed by atoms with Crippen LogP contribution in [0.5, 0.6) is 5.19 Å². The lowest BCUT2D eigenvalue weighted by Crippen LogP contribution is -2.48. The van der Waals surface area contributed by atoms with Crippen LogP contribution in [0.25, 0.3) is 0 Å². The Kier molecular flexibility index (Phi) is 6.71. The predicted molar refractivity (Wildman–Crippen MR) is 114 cm³/mol. The summed E-state index contributed by atoms with van der Waals surface area (Å²) < 4.78 is 10.6. The number of carbonyl (C=O) groups is 2. The van der Waals surface area contributed by atoms with Crippen LogP contribution in [0.4, 0.5) is 10.6 Å². The summed E-state index contributed by atoms with van der Waals surface area (Å²) >= 11 is 1.34. The molecule has 2 aliphatic rings. The molecule has 31 heavy (non-hydrogen) atoms. The van der Waals surface area contributed by atoms with Gasteiger partial charge in [0.2, 0.25) is 5.91 Å². The van der Waals surface area contributed by atoms with Crippen LogP contribution >= 0.6 is 11.3 Å². The molecule has 0 bridgehead atoms. The molecule has 2 aromatic heterocycles. The minimum Gasteiger partial charge on any atom is -0.473 e. The summed E-state index contributed by atoms with van der Waals surface area (Å²) in [5.41, 5.74) is 1.01. The molecule has 2 amide bonds. The molecule has 168 valence electrons. The summed E-state index contributed by atoms with van der Waals surface area (Å²) in [5.74, 6) is 1.13. The highest BCUT2D eigenvalue weighted by Crippen LogP contribution is 2.40. The number of ether oxygens (including phenoxy) is 2. The Bertz CT molecular complexity index is 915. The number of hydrogen-bond acceptors (Lipinski definition) is 7. The largest absolute Gasteiger partial charge is 0.473 e. The smallest absolute Gasteiger partial charge is 0.407 e. The fourth-order valence-corrected chi connectivity index (χ4v) is 5.20. The van der Waals surface area contributed by atoms with Crippen LogP contribution in [-0.2, 0) is 16.0 Å². The molecule has 3 heterocycles. The second-order valence-electron chi connectivity index (χ2n) is 8.05. The lowest BCUT2D eigenvalue weighted by Gasteiger charge is -2.34. The molecule has 2 unspecified atom stereocenters. The van der Waals surface area contributed by atoms with Crippen molar-refractivity contribution in [3.63, 3.8) is 0 Å². The normalized spacial score (nSPS) is 23.6. The van der Waals surface area contributed by atoms with Crippen LogP contribution in [0.15, 0.2) is 12.3 Å². The number of methoxy groups -OCH3 is 1. The summed E-state index contributed by atoms with van der Waals surface area (Å²) in [5, 5.41) is 20.1. The zero-order chi connectivity index (χ0) is 21.8. The topological polar surface area (TPSA) is 130 Å². The van der Waals surface area contributed by atoms with Crippen molar-refractivity contribution in [2.75, 3.05) is 32.2 Å². The SMILES string of the molecule is COc1ncc(CC(=O)Nc2cc(C3CCC(C[C@@H]4COCCN4C(=O)O)C3)[nH]n2)s1. The van der Waals surface area contributed by atoms with Crippen molar-refractivity contribution in [1.82, 2.24) is 20.1 Å². The first-order chi connectivity index (χ1) is 15.0. The summed E-state index contributed by atoms with van der Waals surface area (Å²) in [6.45, 7) is 1.38. The Morgan fingerprint density at radius 2 is 2.32 bits per heavy atom. The Balaban J connectivity index is 1.28. The van der Waals surface area contributed by atoms with Gasteiger partial charge in [-0.2, -0.15) is 5.10 Å². The lowest BCUT2D eigenvalue weighted by atomic mass is 9.95. The van der Waals surface area contributed by atoms with Gasteiger partial charge in [0, 0.05) is 35.3 Å². The number of hydrogen-bond donors (Lipinski definition) is 3. The van der Waals surface area contributed by atoms with Gasteiger partial charge in [0.25, 0.3) is 5.19 Å². The lowest BCUT2D eigenvalue weighted by molar-refractivity contribution is -0.115. The third-order valence-electron chi connectivity index (χ3n) is 5.97. The molecule has 0 aromatic carbocycles. The van der Waals surface area contributed by atoms with Gasteiger partial charge in [0.05, 0.1) is 32.8 Å². The second kappa shape index (κ2) is 9.65. The van der Waals surface area contributed by atoms with Gasteiger partial charge in [-0.1, -0.05) is 11.3 Å². The van der Waals surface area contributed by atoms with Gasteiger partial charge in [-0.3, -0.25) is 9.89 Å². The average molecular weight is 450 g/mol. The number of morpholine rings is 1. The number of nitrogens with one attached hydrogen (secondary N) is 2. The zero-order valence-electron chi connectivity index (χ0n) is 17.4. The van der Waals surface area contributed by atoms with Crippen LogP contribution in [0.3, 0.4) is 0 Å². The number of rotatable bonds is 7. The number of amides is 2. The molecule has 1 saturated carbocycles. The van der Waals surface area contributed by atoms with E-state index in [-0.39, 0.29) is 18.4 Å². The molecule has 1 saturated heterocycles. The molecule has 1 aliphatic heterocycles. The van der Waals surface area contributed by atoms with Gasteiger partial charge < -0.3 is 24.8 Å². The predicted octanol–water partition coefficient (Wildman–Crippen LogP) is 2.71. The molecule has 2 aromatic rings. The van der Waals surface area contributed by atoms with Crippen LogP contribution in [0, 0.1) is 5.92 Å². The van der Waals surface area contributed by atoms with Crippen LogP contribution in [0.1, 0.15) is 42.2 Å². The molecule has 1 aliphatic carbocycles. The van der Waals surface area contributed by atoms with Gasteiger partial charge in [-0.15, -0.1) is 0 Å². The van der Waals surface area contributed by atoms with Crippen molar-refractivity contribution in [2.45, 2.75) is 44.1 Å². The van der Waals surface area contributed by atoms with Crippen LogP contribution < -0.4 is 10.1 Å². The van der Waals surface area contributed by atoms with E-state index in [2.05, 4.69) is 20.5 Å². The van der Waals surface area contributed by atoms with Gasteiger partial charge in [0.15, 0.2) is 5.82 Å². The minimum atomic E-state index is -0.867. The van der Waals surface area contributed by atoms with E-state index in [1.54, 1.807) is 13.3 Å². The second-order valence-corrected chi connectivity index (χ2v) is 9.12. The summed E-state index contributed by atoms with van der Waals surface area (Å²) in [4.78, 5) is 30.1. The van der Waals surface area contributed by atoms with Gasteiger partial charge in [0.1, 0.15) is 0 Å². The number of anilines is 1. The first-order valence-corrected chi connectivity index (χ1v) is 11.2. The number of carboxylic acid groups (broad SMARTS) is 1. The third kappa shape index (κ3) is 5.34. The maximum atomic E-state index is 12.3. The van der Waals surface area contributed by atoms with E-state index in [1.165, 1.54) is 16.2 Å². The van der Waals surface area contributed by atoms with Gasteiger partial charge in [-0.25, -0.2) is 9.78 Å². The first kappa shape index (κ1) is 21.6. The quantitative estimate of drug-likeness (QED) is 0.592. The van der Waals surface area contributed by atoms with E-state index in [1.807, 2.05) is 6.07 Å². The molecule has 4 rings (SSSR count). The Morgan fingerprint density at radius 3 is 3.10 bits per heavy atom. The highest BCUT2D eigenvalue weighted by molar-refractivity contribution is 7.13. The number of H-pyrrole nitrogens is 1. The highest BCUT2D eigenvalue weighted by Gasteiger charge is 2.33. The summed E-state index contributed by atoms with van der Waals surface area (Å²) in [6.07, 6.45) is 4.84. The van der Waals surface area contributed by atoms with Gasteiger partial charge >= 0.3 is 6.09 Å². The monoisotopic (exact) mass is 449 g/mol. The Labute approximate surface area is 183 Å². The maximum absolute atomic E-state index is 12.3. The van der Waals surface area contributed by atoms with E-state index in [4.69, 9.17) is 9.47 Å². The maximum Gasteiger partial charge on any atom is 0.407 e. The first-order valence-electron chi connectivity index (χ1n) is 10.4. The Hall–Kier alpha value is -2.66. The third-order valence-corrected chi connectivity index (χ3v) is 6.93. The zero-order valence-corrected chi connectivity index (χ0v) is 18.2. The van der Waals surface area contributed by atoms with Crippen molar-refractivity contribution in [2.24, 2.45) is 5.92 Å². The van der Waals surface area contributed by atoms with Crippen molar-refractivity contribution in [3.05, 3.63) is 22.8 Å². The Morgan fingerprint density at radius 1 is 1.45 bits per heavy atom. The van der Waals surface area contributed by atoms with Crippen LogP contribution in [-0.4, -0.2) is 70.1 Å². The van der Waals surface area contributed by atoms with E-state index in [0.29, 0.717) is 42.6 Å². The molecule has 3 N–H and O–H groups in total. The minimum absolute atomic E-state index is 0.0722.